The fourth-order valence-corrected chi connectivity index (χ4v) is 3.47. The van der Waals surface area contributed by atoms with Crippen LogP contribution >= 0.6 is 0 Å². The van der Waals surface area contributed by atoms with E-state index in [9.17, 15) is 13.2 Å². The summed E-state index contributed by atoms with van der Waals surface area (Å²) in [6.45, 7) is 3.72. The molecule has 0 aliphatic carbocycles. The van der Waals surface area contributed by atoms with Gasteiger partial charge in [-0.25, -0.2) is 17.6 Å². The van der Waals surface area contributed by atoms with Crippen molar-refractivity contribution in [3.05, 3.63) is 119 Å². The van der Waals surface area contributed by atoms with Gasteiger partial charge in [0.2, 0.25) is 0 Å². The van der Waals surface area contributed by atoms with Crippen LogP contribution in [-0.2, 0) is 6.42 Å². The Morgan fingerprint density at radius 3 is 2.06 bits per heavy atom. The molecule has 0 bridgehead atoms. The van der Waals surface area contributed by atoms with Crippen LogP contribution in [0.5, 0.6) is 0 Å². The molecule has 0 saturated heterocycles. The predicted molar refractivity (Wildman–Crippen MR) is 120 cm³/mol. The zero-order valence-corrected chi connectivity index (χ0v) is 17.1. The zero-order valence-electron chi connectivity index (χ0n) is 17.1. The molecule has 0 radical (unpaired) electrons. The normalized spacial score (nSPS) is 10.6. The van der Waals surface area contributed by atoms with Gasteiger partial charge in [0.1, 0.15) is 5.82 Å². The van der Waals surface area contributed by atoms with Gasteiger partial charge in [0.05, 0.1) is 0 Å². The SMILES string of the molecule is C=CCCc1ccc(C#Cc2ccc3c(F)c(-c4cc(F)c(F)c(F)c4)ccc3c2)cc1. The predicted octanol–water partition coefficient (Wildman–Crippen LogP) is 7.58. The third kappa shape index (κ3) is 4.43. The van der Waals surface area contributed by atoms with Crippen LogP contribution < -0.4 is 0 Å². The fourth-order valence-electron chi connectivity index (χ4n) is 3.47. The largest absolute Gasteiger partial charge is 0.206 e. The Morgan fingerprint density at radius 1 is 0.719 bits per heavy atom. The Hall–Kier alpha value is -3.84. The lowest BCUT2D eigenvalue weighted by Crippen LogP contribution is -1.94. The van der Waals surface area contributed by atoms with Crippen molar-refractivity contribution in [3.8, 4) is 23.0 Å². The van der Waals surface area contributed by atoms with Crippen LogP contribution in [0, 0.1) is 35.1 Å². The van der Waals surface area contributed by atoms with Gasteiger partial charge in [0.15, 0.2) is 17.5 Å². The van der Waals surface area contributed by atoms with Crippen molar-refractivity contribution in [2.24, 2.45) is 0 Å². The van der Waals surface area contributed by atoms with E-state index in [1.165, 1.54) is 11.6 Å². The maximum absolute atomic E-state index is 15.0. The van der Waals surface area contributed by atoms with E-state index in [0.717, 1.165) is 30.5 Å². The summed E-state index contributed by atoms with van der Waals surface area (Å²) in [4.78, 5) is 0. The van der Waals surface area contributed by atoms with Crippen molar-refractivity contribution in [3.63, 3.8) is 0 Å². The van der Waals surface area contributed by atoms with Crippen molar-refractivity contribution in [2.75, 3.05) is 0 Å². The standard InChI is InChI=1S/C28H18F4/c1-2-3-4-18-5-7-19(8-6-18)9-10-20-11-13-23-21(15-20)12-14-24(27(23)31)22-16-25(29)28(32)26(30)17-22/h2,5-8,11-17H,1,3-4H2. The van der Waals surface area contributed by atoms with E-state index in [1.807, 2.05) is 30.3 Å². The van der Waals surface area contributed by atoms with Crippen molar-refractivity contribution in [1.29, 1.82) is 0 Å². The van der Waals surface area contributed by atoms with Gasteiger partial charge in [-0.3, -0.25) is 0 Å². The van der Waals surface area contributed by atoms with Gasteiger partial charge < -0.3 is 0 Å². The maximum Gasteiger partial charge on any atom is 0.194 e. The second-order valence-electron chi connectivity index (χ2n) is 7.39. The molecule has 0 aromatic heterocycles. The summed E-state index contributed by atoms with van der Waals surface area (Å²) in [5.74, 6) is 1.23. The van der Waals surface area contributed by atoms with Crippen LogP contribution in [-0.4, -0.2) is 0 Å². The van der Waals surface area contributed by atoms with E-state index >= 15 is 4.39 Å². The summed E-state index contributed by atoms with van der Waals surface area (Å²) in [7, 11) is 0. The maximum atomic E-state index is 15.0. The van der Waals surface area contributed by atoms with Crippen LogP contribution in [0.15, 0.2) is 79.4 Å². The molecular weight excluding hydrogens is 412 g/mol. The Labute approximate surface area is 183 Å². The molecule has 0 fully saturated rings. The van der Waals surface area contributed by atoms with Gasteiger partial charge in [-0.05, 0) is 65.8 Å². The lowest BCUT2D eigenvalue weighted by Gasteiger charge is -2.08. The molecule has 4 aromatic rings. The molecule has 0 unspecified atom stereocenters. The van der Waals surface area contributed by atoms with Crippen molar-refractivity contribution in [1.82, 2.24) is 0 Å². The summed E-state index contributed by atoms with van der Waals surface area (Å²) in [5.41, 5.74) is 2.72. The molecule has 0 atom stereocenters. The minimum atomic E-state index is -1.58. The third-order valence-electron chi connectivity index (χ3n) is 5.19. The molecule has 0 N–H and O–H groups in total. The smallest absolute Gasteiger partial charge is 0.194 e. The molecule has 0 saturated carbocycles. The number of allylic oxidation sites excluding steroid dienone is 1. The minimum absolute atomic E-state index is 0.00863. The number of fused-ring (bicyclic) bond motifs is 1. The van der Waals surface area contributed by atoms with E-state index in [1.54, 1.807) is 24.3 Å². The molecule has 4 aromatic carbocycles. The van der Waals surface area contributed by atoms with Gasteiger partial charge in [-0.1, -0.05) is 48.2 Å². The average molecular weight is 430 g/mol. The van der Waals surface area contributed by atoms with Crippen LogP contribution in [0.2, 0.25) is 0 Å². The minimum Gasteiger partial charge on any atom is -0.206 e. The molecule has 0 nitrogen and oxygen atoms in total. The number of halogens is 4. The summed E-state index contributed by atoms with van der Waals surface area (Å²) in [5, 5.41) is 0.880. The second kappa shape index (κ2) is 9.11. The average Bonchev–Trinajstić information content (AvgIpc) is 2.80. The van der Waals surface area contributed by atoms with Gasteiger partial charge in [0.25, 0.3) is 0 Å². The first-order valence-corrected chi connectivity index (χ1v) is 10.1. The number of hydrogen-bond donors (Lipinski definition) is 0. The molecule has 0 amide bonds. The molecule has 158 valence electrons. The van der Waals surface area contributed by atoms with E-state index in [2.05, 4.69) is 18.4 Å². The third-order valence-corrected chi connectivity index (χ3v) is 5.19. The van der Waals surface area contributed by atoms with Gasteiger partial charge in [-0.15, -0.1) is 6.58 Å². The lowest BCUT2D eigenvalue weighted by atomic mass is 9.98. The number of aryl methyl sites for hydroxylation is 1. The Bertz CT molecular complexity index is 1350. The highest BCUT2D eigenvalue weighted by atomic mass is 19.2. The van der Waals surface area contributed by atoms with Crippen LogP contribution in [0.1, 0.15) is 23.1 Å². The van der Waals surface area contributed by atoms with Crippen LogP contribution in [0.25, 0.3) is 21.9 Å². The van der Waals surface area contributed by atoms with E-state index in [-0.39, 0.29) is 16.5 Å². The summed E-state index contributed by atoms with van der Waals surface area (Å²) in [6, 6.07) is 17.6. The van der Waals surface area contributed by atoms with Crippen molar-refractivity contribution < 1.29 is 17.6 Å². The highest BCUT2D eigenvalue weighted by Crippen LogP contribution is 2.31. The quantitative estimate of drug-likeness (QED) is 0.135. The summed E-state index contributed by atoms with van der Waals surface area (Å²) >= 11 is 0. The summed E-state index contributed by atoms with van der Waals surface area (Å²) in [6.07, 6.45) is 3.74. The van der Waals surface area contributed by atoms with Crippen molar-refractivity contribution >= 4 is 10.8 Å². The fraction of sp³-hybridized carbons (Fsp3) is 0.0714. The molecule has 0 spiro atoms. The number of hydrogen-bond acceptors (Lipinski definition) is 0. The molecule has 32 heavy (non-hydrogen) atoms. The Morgan fingerprint density at radius 2 is 1.38 bits per heavy atom. The van der Waals surface area contributed by atoms with Gasteiger partial charge >= 0.3 is 0 Å². The molecule has 0 aliphatic heterocycles. The van der Waals surface area contributed by atoms with Gasteiger partial charge in [-0.2, -0.15) is 0 Å². The Kier molecular flexibility index (Phi) is 6.09. The number of rotatable bonds is 4. The first kappa shape index (κ1) is 21.4. The highest BCUT2D eigenvalue weighted by molar-refractivity contribution is 5.89. The van der Waals surface area contributed by atoms with E-state index < -0.39 is 23.3 Å². The Balaban J connectivity index is 1.63. The lowest BCUT2D eigenvalue weighted by molar-refractivity contribution is 0.447. The molecule has 0 heterocycles. The highest BCUT2D eigenvalue weighted by Gasteiger charge is 2.15. The number of benzene rings is 4. The monoisotopic (exact) mass is 430 g/mol. The van der Waals surface area contributed by atoms with Crippen LogP contribution in [0.3, 0.4) is 0 Å². The summed E-state index contributed by atoms with van der Waals surface area (Å²) < 4.78 is 55.4. The zero-order chi connectivity index (χ0) is 22.7. The van der Waals surface area contributed by atoms with Crippen LogP contribution in [0.4, 0.5) is 17.6 Å². The molecular formula is C28H18F4. The van der Waals surface area contributed by atoms with Crippen molar-refractivity contribution in [2.45, 2.75) is 12.8 Å². The molecule has 4 heteroatoms. The van der Waals surface area contributed by atoms with Gasteiger partial charge in [0, 0.05) is 22.1 Å². The van der Waals surface area contributed by atoms with E-state index in [4.69, 9.17) is 0 Å². The first-order valence-electron chi connectivity index (χ1n) is 10.1. The molecule has 0 aliphatic rings. The second-order valence-corrected chi connectivity index (χ2v) is 7.39. The van der Waals surface area contributed by atoms with E-state index in [0.29, 0.717) is 10.9 Å². The first-order chi connectivity index (χ1) is 15.5. The molecule has 4 rings (SSSR count). The topological polar surface area (TPSA) is 0 Å².